The number of carbonyl (C=O) groups is 2. The number of ether oxygens (including phenoxy) is 1. The lowest BCUT2D eigenvalue weighted by Gasteiger charge is -2.23. The first-order chi connectivity index (χ1) is 9.58. The van der Waals surface area contributed by atoms with E-state index in [-0.39, 0.29) is 12.5 Å². The molecule has 0 bridgehead atoms. The topological polar surface area (TPSA) is 74.8 Å². The van der Waals surface area contributed by atoms with Gasteiger partial charge in [0.15, 0.2) is 5.82 Å². The lowest BCUT2D eigenvalue weighted by molar-refractivity contribution is -0.140. The summed E-state index contributed by atoms with van der Waals surface area (Å²) in [4.78, 5) is 31.7. The first-order valence-corrected chi connectivity index (χ1v) is 6.30. The van der Waals surface area contributed by atoms with Gasteiger partial charge in [-0.15, -0.1) is 0 Å². The fourth-order valence-corrected chi connectivity index (χ4v) is 2.21. The SMILES string of the molecule is CN[C@H]1CN(C)c2ncccc2N(CC(=O)OC)C1=O. The molecule has 0 saturated carbocycles. The minimum atomic E-state index is -0.465. The predicted molar refractivity (Wildman–Crippen MR) is 74.7 cm³/mol. The van der Waals surface area contributed by atoms with Crippen molar-refractivity contribution >= 4 is 23.4 Å². The molecule has 0 unspecified atom stereocenters. The van der Waals surface area contributed by atoms with E-state index in [0.717, 1.165) is 0 Å². The molecule has 0 fully saturated rings. The van der Waals surface area contributed by atoms with Crippen LogP contribution in [-0.4, -0.2) is 57.2 Å². The minimum absolute atomic E-state index is 0.125. The fraction of sp³-hybridized carbons (Fsp3) is 0.462. The van der Waals surface area contributed by atoms with Crippen molar-refractivity contribution in [1.82, 2.24) is 10.3 Å². The Morgan fingerprint density at radius 1 is 1.60 bits per heavy atom. The van der Waals surface area contributed by atoms with E-state index in [1.807, 2.05) is 11.9 Å². The molecule has 1 aromatic heterocycles. The van der Waals surface area contributed by atoms with Crippen molar-refractivity contribution in [2.75, 3.05) is 44.1 Å². The Hall–Kier alpha value is -2.15. The van der Waals surface area contributed by atoms with Crippen molar-refractivity contribution in [3.63, 3.8) is 0 Å². The van der Waals surface area contributed by atoms with Crippen LogP contribution in [0.3, 0.4) is 0 Å². The molecule has 7 nitrogen and oxygen atoms in total. The number of aromatic nitrogens is 1. The van der Waals surface area contributed by atoms with E-state index in [4.69, 9.17) is 0 Å². The number of hydrogen-bond acceptors (Lipinski definition) is 6. The molecule has 2 rings (SSSR count). The van der Waals surface area contributed by atoms with E-state index in [0.29, 0.717) is 18.1 Å². The van der Waals surface area contributed by atoms with Crippen LogP contribution in [0.1, 0.15) is 0 Å². The molecule has 1 atom stereocenters. The monoisotopic (exact) mass is 278 g/mol. The zero-order valence-corrected chi connectivity index (χ0v) is 11.8. The van der Waals surface area contributed by atoms with Crippen molar-refractivity contribution in [2.24, 2.45) is 0 Å². The molecule has 2 heterocycles. The average Bonchev–Trinajstić information content (AvgIpc) is 2.57. The van der Waals surface area contributed by atoms with Crippen LogP contribution in [0.15, 0.2) is 18.3 Å². The zero-order valence-electron chi connectivity index (χ0n) is 11.8. The summed E-state index contributed by atoms with van der Waals surface area (Å²) in [5, 5.41) is 2.97. The van der Waals surface area contributed by atoms with Crippen LogP contribution in [0.2, 0.25) is 0 Å². The Morgan fingerprint density at radius 3 is 3.00 bits per heavy atom. The number of nitrogens with zero attached hydrogens (tertiary/aromatic N) is 3. The molecule has 1 aliphatic heterocycles. The Kier molecular flexibility index (Phi) is 4.19. The highest BCUT2D eigenvalue weighted by Crippen LogP contribution is 2.29. The standard InChI is InChI=1S/C13H18N4O3/c1-14-9-7-16(2)12-10(5-4-6-15-12)17(13(9)19)8-11(18)20-3/h4-6,9,14H,7-8H2,1-3H3/t9-/m0/s1. The second-order valence-corrected chi connectivity index (χ2v) is 4.57. The average molecular weight is 278 g/mol. The Morgan fingerprint density at radius 2 is 2.35 bits per heavy atom. The molecule has 0 aliphatic carbocycles. The smallest absolute Gasteiger partial charge is 0.325 e. The molecule has 0 spiro atoms. The van der Waals surface area contributed by atoms with Gasteiger partial charge in [-0.05, 0) is 19.2 Å². The van der Waals surface area contributed by atoms with Crippen LogP contribution >= 0.6 is 0 Å². The van der Waals surface area contributed by atoms with Crippen LogP contribution in [0, 0.1) is 0 Å². The van der Waals surface area contributed by atoms with Crippen molar-refractivity contribution in [3.05, 3.63) is 18.3 Å². The summed E-state index contributed by atoms with van der Waals surface area (Å²) in [5.41, 5.74) is 0.614. The number of anilines is 2. The zero-order chi connectivity index (χ0) is 14.7. The van der Waals surface area contributed by atoms with Crippen LogP contribution in [0.25, 0.3) is 0 Å². The summed E-state index contributed by atoms with van der Waals surface area (Å²) in [6, 6.07) is 3.11. The molecule has 1 N–H and O–H groups in total. The fourth-order valence-electron chi connectivity index (χ4n) is 2.21. The number of carbonyl (C=O) groups excluding carboxylic acids is 2. The van der Waals surface area contributed by atoms with Crippen LogP contribution in [-0.2, 0) is 14.3 Å². The molecule has 1 amide bonds. The van der Waals surface area contributed by atoms with Gasteiger partial charge in [-0.2, -0.15) is 0 Å². The highest BCUT2D eigenvalue weighted by molar-refractivity contribution is 6.04. The number of likely N-dealkylation sites (N-methyl/N-ethyl adjacent to an activating group) is 2. The van der Waals surface area contributed by atoms with Gasteiger partial charge in [-0.25, -0.2) is 4.98 Å². The number of amides is 1. The normalized spacial score (nSPS) is 18.6. The molecule has 0 saturated heterocycles. The Balaban J connectivity index is 2.45. The predicted octanol–water partition coefficient (Wildman–Crippen LogP) is -0.375. The van der Waals surface area contributed by atoms with Gasteiger partial charge < -0.3 is 15.0 Å². The third-order valence-corrected chi connectivity index (χ3v) is 3.30. The molecule has 7 heteroatoms. The van der Waals surface area contributed by atoms with E-state index in [2.05, 4.69) is 15.0 Å². The Labute approximate surface area is 117 Å². The summed E-state index contributed by atoms with van der Waals surface area (Å²) in [6.45, 7) is 0.358. The highest BCUT2D eigenvalue weighted by Gasteiger charge is 2.33. The second-order valence-electron chi connectivity index (χ2n) is 4.57. The summed E-state index contributed by atoms with van der Waals surface area (Å²) in [7, 11) is 4.89. The summed E-state index contributed by atoms with van der Waals surface area (Å²) in [5.74, 6) is 0.0339. The third kappa shape index (κ3) is 2.57. The summed E-state index contributed by atoms with van der Waals surface area (Å²) < 4.78 is 4.67. The van der Waals surface area contributed by atoms with Crippen molar-refractivity contribution in [3.8, 4) is 0 Å². The van der Waals surface area contributed by atoms with Gasteiger partial charge in [0.25, 0.3) is 0 Å². The second kappa shape index (κ2) is 5.87. The first kappa shape index (κ1) is 14.3. The van der Waals surface area contributed by atoms with Crippen molar-refractivity contribution < 1.29 is 14.3 Å². The van der Waals surface area contributed by atoms with Gasteiger partial charge in [0.2, 0.25) is 5.91 Å². The molecule has 1 aliphatic rings. The highest BCUT2D eigenvalue weighted by atomic mass is 16.5. The summed E-state index contributed by atoms with van der Waals surface area (Å²) in [6.07, 6.45) is 1.66. The molecular weight excluding hydrogens is 260 g/mol. The number of nitrogens with one attached hydrogen (secondary N) is 1. The van der Waals surface area contributed by atoms with Gasteiger partial charge in [0, 0.05) is 19.8 Å². The van der Waals surface area contributed by atoms with Crippen LogP contribution in [0.4, 0.5) is 11.5 Å². The van der Waals surface area contributed by atoms with Gasteiger partial charge in [0.1, 0.15) is 12.6 Å². The van der Waals surface area contributed by atoms with Gasteiger partial charge >= 0.3 is 5.97 Å². The number of fused-ring (bicyclic) bond motifs is 1. The molecule has 20 heavy (non-hydrogen) atoms. The molecule has 0 aromatic carbocycles. The maximum absolute atomic E-state index is 12.5. The largest absolute Gasteiger partial charge is 0.468 e. The lowest BCUT2D eigenvalue weighted by atomic mass is 10.2. The van der Waals surface area contributed by atoms with E-state index in [9.17, 15) is 9.59 Å². The van der Waals surface area contributed by atoms with Gasteiger partial charge in [-0.1, -0.05) is 0 Å². The van der Waals surface area contributed by atoms with E-state index < -0.39 is 12.0 Å². The van der Waals surface area contributed by atoms with Gasteiger partial charge in [0.05, 0.1) is 12.8 Å². The quantitative estimate of drug-likeness (QED) is 0.760. The molecular formula is C13H18N4O3. The third-order valence-electron chi connectivity index (χ3n) is 3.30. The molecule has 1 aromatic rings. The molecule has 108 valence electrons. The van der Waals surface area contributed by atoms with E-state index in [1.165, 1.54) is 12.0 Å². The number of esters is 1. The number of methoxy groups -OCH3 is 1. The van der Waals surface area contributed by atoms with Crippen LogP contribution in [0.5, 0.6) is 0 Å². The number of hydrogen-bond donors (Lipinski definition) is 1. The maximum atomic E-state index is 12.5. The van der Waals surface area contributed by atoms with Gasteiger partial charge in [-0.3, -0.25) is 14.5 Å². The summed E-state index contributed by atoms with van der Waals surface area (Å²) >= 11 is 0. The minimum Gasteiger partial charge on any atom is -0.468 e. The van der Waals surface area contributed by atoms with Crippen molar-refractivity contribution in [1.29, 1.82) is 0 Å². The molecule has 0 radical (unpaired) electrons. The van der Waals surface area contributed by atoms with E-state index >= 15 is 0 Å². The van der Waals surface area contributed by atoms with Crippen LogP contribution < -0.4 is 15.1 Å². The maximum Gasteiger partial charge on any atom is 0.325 e. The number of rotatable bonds is 3. The number of pyridine rings is 1. The van der Waals surface area contributed by atoms with E-state index in [1.54, 1.807) is 25.4 Å². The Bertz CT molecular complexity index is 520. The first-order valence-electron chi connectivity index (χ1n) is 6.30. The van der Waals surface area contributed by atoms with Crippen molar-refractivity contribution in [2.45, 2.75) is 6.04 Å². The lowest BCUT2D eigenvalue weighted by Crippen LogP contribution is -2.49.